The van der Waals surface area contributed by atoms with Gasteiger partial charge in [-0.15, -0.1) is 11.3 Å². The standard InChI is InChI=1S/C50H34N4S/c1-4-12-33(13-5-1)34-18-20-36(21-19-34)41-30-43-45(31-42(41)35-14-6-2-7-15-35)55-47-46(43)52-48(37-22-26-51-27-23-37)53-49(47)54-44-29-39-17-9-8-16-38(39)28-40(44)32-50(54)24-10-3-11-25-50/h1-24,26-31H,25,32H2. The summed E-state index contributed by atoms with van der Waals surface area (Å²) in [5.74, 6) is 1.65. The normalized spacial score (nSPS) is 16.1. The average Bonchev–Trinajstić information content (AvgIpc) is 3.77. The number of nitrogens with zero attached hydrogens (tertiary/aromatic N) is 4. The molecule has 1 atom stereocenters. The van der Waals surface area contributed by atoms with Crippen LogP contribution in [-0.4, -0.2) is 20.5 Å². The first kappa shape index (κ1) is 31.8. The number of fused-ring (bicyclic) bond motifs is 5. The highest BCUT2D eigenvalue weighted by molar-refractivity contribution is 7.26. The third kappa shape index (κ3) is 5.30. The summed E-state index contributed by atoms with van der Waals surface area (Å²) in [5.41, 5.74) is 11.3. The Morgan fingerprint density at radius 2 is 1.24 bits per heavy atom. The van der Waals surface area contributed by atoms with Gasteiger partial charge in [0.1, 0.15) is 0 Å². The maximum absolute atomic E-state index is 5.52. The predicted molar refractivity (Wildman–Crippen MR) is 230 cm³/mol. The van der Waals surface area contributed by atoms with Crippen LogP contribution in [0.3, 0.4) is 0 Å². The molecule has 2 aliphatic rings. The molecule has 4 heterocycles. The third-order valence-electron chi connectivity index (χ3n) is 11.2. The molecule has 3 aromatic heterocycles. The molecule has 0 fully saturated rings. The lowest BCUT2D eigenvalue weighted by molar-refractivity contribution is 0.542. The van der Waals surface area contributed by atoms with E-state index >= 15 is 0 Å². The van der Waals surface area contributed by atoms with Crippen molar-refractivity contribution in [2.75, 3.05) is 4.90 Å². The molecule has 0 radical (unpaired) electrons. The molecule has 1 spiro atoms. The summed E-state index contributed by atoms with van der Waals surface area (Å²) in [6.07, 6.45) is 14.5. The topological polar surface area (TPSA) is 41.9 Å². The number of benzene rings is 6. The Labute approximate surface area is 323 Å². The van der Waals surface area contributed by atoms with Crippen molar-refractivity contribution in [2.45, 2.75) is 18.4 Å². The predicted octanol–water partition coefficient (Wildman–Crippen LogP) is 13.0. The van der Waals surface area contributed by atoms with E-state index in [1.807, 2.05) is 24.5 Å². The first-order valence-electron chi connectivity index (χ1n) is 18.8. The third-order valence-corrected chi connectivity index (χ3v) is 12.4. The highest BCUT2D eigenvalue weighted by atomic mass is 32.1. The number of rotatable bonds is 5. The van der Waals surface area contributed by atoms with Crippen molar-refractivity contribution in [3.05, 3.63) is 188 Å². The minimum absolute atomic E-state index is 0.289. The summed E-state index contributed by atoms with van der Waals surface area (Å²) < 4.78 is 2.28. The number of allylic oxidation sites excluding steroid dienone is 2. The molecule has 11 rings (SSSR count). The number of pyridine rings is 1. The van der Waals surface area contributed by atoms with Gasteiger partial charge in [-0.1, -0.05) is 133 Å². The Hall–Kier alpha value is -6.69. The van der Waals surface area contributed by atoms with Crippen LogP contribution in [0.2, 0.25) is 0 Å². The zero-order chi connectivity index (χ0) is 36.3. The van der Waals surface area contributed by atoms with Gasteiger partial charge in [0.2, 0.25) is 0 Å². The lowest BCUT2D eigenvalue weighted by Crippen LogP contribution is -2.42. The van der Waals surface area contributed by atoms with Crippen molar-refractivity contribution in [1.82, 2.24) is 15.0 Å². The zero-order valence-electron chi connectivity index (χ0n) is 29.9. The van der Waals surface area contributed by atoms with E-state index in [2.05, 4.69) is 168 Å². The van der Waals surface area contributed by atoms with E-state index in [0.29, 0.717) is 5.82 Å². The fraction of sp³-hybridized carbons (Fsp3) is 0.0600. The minimum Gasteiger partial charge on any atom is -0.314 e. The van der Waals surface area contributed by atoms with Crippen LogP contribution in [-0.2, 0) is 6.42 Å². The van der Waals surface area contributed by atoms with Gasteiger partial charge >= 0.3 is 0 Å². The van der Waals surface area contributed by atoms with Crippen molar-refractivity contribution < 1.29 is 0 Å². The van der Waals surface area contributed by atoms with Gasteiger partial charge in [-0.05, 0) is 92.5 Å². The smallest absolute Gasteiger partial charge is 0.162 e. The van der Waals surface area contributed by atoms with Crippen molar-refractivity contribution in [3.63, 3.8) is 0 Å². The molecule has 1 aliphatic heterocycles. The van der Waals surface area contributed by atoms with E-state index in [4.69, 9.17) is 9.97 Å². The van der Waals surface area contributed by atoms with Crippen molar-refractivity contribution in [3.8, 4) is 44.8 Å². The first-order chi connectivity index (χ1) is 27.2. The zero-order valence-corrected chi connectivity index (χ0v) is 30.7. The van der Waals surface area contributed by atoms with Gasteiger partial charge < -0.3 is 4.90 Å². The monoisotopic (exact) mass is 722 g/mol. The van der Waals surface area contributed by atoms with Crippen LogP contribution < -0.4 is 4.90 Å². The Morgan fingerprint density at radius 3 is 1.98 bits per heavy atom. The van der Waals surface area contributed by atoms with Gasteiger partial charge in [-0.25, -0.2) is 9.97 Å². The van der Waals surface area contributed by atoms with Crippen LogP contribution in [0.4, 0.5) is 11.5 Å². The largest absolute Gasteiger partial charge is 0.314 e. The second kappa shape index (κ2) is 12.7. The van der Waals surface area contributed by atoms with Gasteiger partial charge in [0.25, 0.3) is 0 Å². The second-order valence-corrected chi connectivity index (χ2v) is 15.6. The molecule has 0 amide bonds. The molecule has 0 N–H and O–H groups in total. The molecular formula is C50H34N4S. The van der Waals surface area contributed by atoms with Crippen LogP contribution in [0.1, 0.15) is 12.0 Å². The molecule has 0 bridgehead atoms. The van der Waals surface area contributed by atoms with E-state index in [0.717, 1.165) is 39.8 Å². The van der Waals surface area contributed by atoms with E-state index in [-0.39, 0.29) is 5.54 Å². The highest BCUT2D eigenvalue weighted by Gasteiger charge is 2.44. The van der Waals surface area contributed by atoms with Gasteiger partial charge in [0, 0.05) is 40.2 Å². The molecule has 260 valence electrons. The number of aromatic nitrogens is 3. The fourth-order valence-electron chi connectivity index (χ4n) is 8.57. The van der Waals surface area contributed by atoms with Gasteiger partial charge in [0.15, 0.2) is 11.6 Å². The molecule has 4 nitrogen and oxygen atoms in total. The second-order valence-electron chi connectivity index (χ2n) is 14.5. The van der Waals surface area contributed by atoms with E-state index in [1.165, 1.54) is 60.1 Å². The Kier molecular flexibility index (Phi) is 7.36. The van der Waals surface area contributed by atoms with E-state index < -0.39 is 0 Å². The number of hydrogen-bond acceptors (Lipinski definition) is 5. The van der Waals surface area contributed by atoms with Crippen molar-refractivity contribution >= 4 is 53.9 Å². The van der Waals surface area contributed by atoms with Gasteiger partial charge in [-0.2, -0.15) is 0 Å². The lowest BCUT2D eigenvalue weighted by Gasteiger charge is -2.38. The summed E-state index contributed by atoms with van der Waals surface area (Å²) in [6, 6.07) is 52.5. The van der Waals surface area contributed by atoms with Crippen LogP contribution in [0.25, 0.3) is 75.8 Å². The Morgan fingerprint density at radius 1 is 0.582 bits per heavy atom. The highest BCUT2D eigenvalue weighted by Crippen LogP contribution is 2.52. The molecule has 9 aromatic rings. The number of thiophene rings is 1. The fourth-order valence-corrected chi connectivity index (χ4v) is 9.72. The lowest BCUT2D eigenvalue weighted by atomic mass is 9.87. The summed E-state index contributed by atoms with van der Waals surface area (Å²) in [5, 5.41) is 3.62. The van der Waals surface area contributed by atoms with Crippen molar-refractivity contribution in [2.24, 2.45) is 0 Å². The van der Waals surface area contributed by atoms with Gasteiger partial charge in [0.05, 0.1) is 15.8 Å². The summed E-state index contributed by atoms with van der Waals surface area (Å²) in [6.45, 7) is 0. The van der Waals surface area contributed by atoms with Gasteiger partial charge in [-0.3, -0.25) is 4.98 Å². The average molecular weight is 723 g/mol. The quantitative estimate of drug-likeness (QED) is 0.177. The van der Waals surface area contributed by atoms with Crippen LogP contribution >= 0.6 is 11.3 Å². The molecular weight excluding hydrogens is 689 g/mol. The number of hydrogen-bond donors (Lipinski definition) is 0. The van der Waals surface area contributed by atoms with E-state index in [1.54, 1.807) is 11.3 Å². The SMILES string of the molecule is C1=CCC2(C=C1)Cc1cc3ccccc3cc1N2c1nc(-c2ccncc2)nc2c1sc1cc(-c3ccccc3)c(-c3ccc(-c4ccccc4)cc3)cc12. The first-order valence-corrected chi connectivity index (χ1v) is 19.6. The summed E-state index contributed by atoms with van der Waals surface area (Å²) in [7, 11) is 0. The molecule has 0 saturated heterocycles. The minimum atomic E-state index is -0.289. The molecule has 1 aliphatic carbocycles. The van der Waals surface area contributed by atoms with Crippen LogP contribution in [0, 0.1) is 0 Å². The van der Waals surface area contributed by atoms with E-state index in [9.17, 15) is 0 Å². The van der Waals surface area contributed by atoms with Crippen LogP contribution in [0.5, 0.6) is 0 Å². The Bertz CT molecular complexity index is 2970. The summed E-state index contributed by atoms with van der Waals surface area (Å²) in [4.78, 5) is 17.8. The molecule has 5 heteroatoms. The maximum Gasteiger partial charge on any atom is 0.162 e. The molecule has 1 unspecified atom stereocenters. The molecule has 0 saturated carbocycles. The maximum atomic E-state index is 5.52. The molecule has 55 heavy (non-hydrogen) atoms. The van der Waals surface area contributed by atoms with Crippen LogP contribution in [0.15, 0.2) is 182 Å². The molecule has 6 aromatic carbocycles. The van der Waals surface area contributed by atoms with Crippen molar-refractivity contribution in [1.29, 1.82) is 0 Å². The number of anilines is 2. The summed E-state index contributed by atoms with van der Waals surface area (Å²) >= 11 is 1.80. The Balaban J connectivity index is 1.19.